The van der Waals surface area contributed by atoms with Crippen molar-refractivity contribution in [2.75, 3.05) is 13.1 Å². The monoisotopic (exact) mass is 397 g/mol. The highest BCUT2D eigenvalue weighted by Gasteiger charge is 2.33. The van der Waals surface area contributed by atoms with Crippen LogP contribution < -0.4 is 4.74 Å². The zero-order valence-corrected chi connectivity index (χ0v) is 15.3. The SMILES string of the molecule is O=C(Oc1ccccc1Cl)C1CCN(S(=O)(=O)c2ccc(F)cc2)CC1. The molecule has 5 nitrogen and oxygen atoms in total. The molecule has 0 unspecified atom stereocenters. The Morgan fingerprint density at radius 3 is 2.31 bits per heavy atom. The molecule has 1 aliphatic heterocycles. The predicted molar refractivity (Wildman–Crippen MR) is 95.0 cm³/mol. The summed E-state index contributed by atoms with van der Waals surface area (Å²) in [6.45, 7) is 0.393. The average Bonchev–Trinajstić information content (AvgIpc) is 2.64. The first-order valence-corrected chi connectivity index (χ1v) is 9.91. The van der Waals surface area contributed by atoms with E-state index in [1.54, 1.807) is 24.3 Å². The van der Waals surface area contributed by atoms with E-state index in [1.807, 2.05) is 0 Å². The van der Waals surface area contributed by atoms with Crippen LogP contribution in [-0.2, 0) is 14.8 Å². The van der Waals surface area contributed by atoms with Crippen LogP contribution in [0.1, 0.15) is 12.8 Å². The van der Waals surface area contributed by atoms with E-state index in [4.69, 9.17) is 16.3 Å². The van der Waals surface area contributed by atoms with Crippen LogP contribution in [0, 0.1) is 11.7 Å². The van der Waals surface area contributed by atoms with Crippen molar-refractivity contribution in [2.24, 2.45) is 5.92 Å². The number of para-hydroxylation sites is 1. The van der Waals surface area contributed by atoms with E-state index >= 15 is 0 Å². The molecule has 0 bridgehead atoms. The molecule has 0 N–H and O–H groups in total. The number of sulfonamides is 1. The van der Waals surface area contributed by atoms with Gasteiger partial charge in [0.25, 0.3) is 0 Å². The number of carbonyl (C=O) groups is 1. The second kappa shape index (κ2) is 7.73. The number of benzene rings is 2. The summed E-state index contributed by atoms with van der Waals surface area (Å²) in [7, 11) is -3.70. The molecule has 1 heterocycles. The van der Waals surface area contributed by atoms with Crippen LogP contribution in [0.5, 0.6) is 5.75 Å². The van der Waals surface area contributed by atoms with Gasteiger partial charge < -0.3 is 4.74 Å². The number of nitrogens with zero attached hydrogens (tertiary/aromatic N) is 1. The summed E-state index contributed by atoms with van der Waals surface area (Å²) in [5, 5.41) is 0.345. The third-order valence-electron chi connectivity index (χ3n) is 4.29. The maximum atomic E-state index is 13.0. The molecule has 1 fully saturated rings. The van der Waals surface area contributed by atoms with Gasteiger partial charge in [0.1, 0.15) is 11.6 Å². The Bertz CT molecular complexity index is 894. The summed E-state index contributed by atoms with van der Waals surface area (Å²) in [5.41, 5.74) is 0. The summed E-state index contributed by atoms with van der Waals surface area (Å²) < 4.78 is 44.8. The Hall–Kier alpha value is -1.96. The van der Waals surface area contributed by atoms with Crippen molar-refractivity contribution in [1.82, 2.24) is 4.31 Å². The van der Waals surface area contributed by atoms with Gasteiger partial charge in [0.05, 0.1) is 15.8 Å². The van der Waals surface area contributed by atoms with Crippen LogP contribution in [0.2, 0.25) is 5.02 Å². The van der Waals surface area contributed by atoms with E-state index in [1.165, 1.54) is 16.4 Å². The average molecular weight is 398 g/mol. The van der Waals surface area contributed by atoms with Gasteiger partial charge in [-0.3, -0.25) is 4.79 Å². The molecule has 8 heteroatoms. The minimum atomic E-state index is -3.70. The standard InChI is InChI=1S/C18H17ClFNO4S/c19-16-3-1-2-4-17(16)25-18(22)13-9-11-21(12-10-13)26(23,24)15-7-5-14(20)6-8-15/h1-8,13H,9-12H2. The fourth-order valence-corrected chi connectivity index (χ4v) is 4.45. The smallest absolute Gasteiger partial charge is 0.314 e. The predicted octanol–water partition coefficient (Wildman–Crippen LogP) is 3.49. The Kier molecular flexibility index (Phi) is 5.60. The molecule has 26 heavy (non-hydrogen) atoms. The van der Waals surface area contributed by atoms with Gasteiger partial charge >= 0.3 is 5.97 Å². The van der Waals surface area contributed by atoms with Gasteiger partial charge in [0.2, 0.25) is 10.0 Å². The first-order chi connectivity index (χ1) is 12.4. The highest BCUT2D eigenvalue weighted by molar-refractivity contribution is 7.89. The van der Waals surface area contributed by atoms with Gasteiger partial charge in [-0.25, -0.2) is 12.8 Å². The highest BCUT2D eigenvalue weighted by Crippen LogP contribution is 2.28. The third kappa shape index (κ3) is 4.06. The van der Waals surface area contributed by atoms with Gasteiger partial charge in [-0.05, 0) is 49.2 Å². The molecule has 0 radical (unpaired) electrons. The number of carbonyl (C=O) groups excluding carboxylic acids is 1. The van der Waals surface area contributed by atoms with Crippen LogP contribution in [0.4, 0.5) is 4.39 Å². The minimum absolute atomic E-state index is 0.0380. The molecule has 1 aliphatic rings. The van der Waals surface area contributed by atoms with Crippen LogP contribution in [-0.4, -0.2) is 31.8 Å². The summed E-state index contributed by atoms with van der Waals surface area (Å²) in [4.78, 5) is 12.3. The lowest BCUT2D eigenvalue weighted by Crippen LogP contribution is -2.41. The molecule has 2 aromatic rings. The van der Waals surface area contributed by atoms with Crippen LogP contribution in [0.25, 0.3) is 0 Å². The molecular formula is C18H17ClFNO4S. The van der Waals surface area contributed by atoms with E-state index in [2.05, 4.69) is 0 Å². The van der Waals surface area contributed by atoms with Gasteiger partial charge in [0, 0.05) is 13.1 Å². The van der Waals surface area contributed by atoms with Crippen LogP contribution in [0.15, 0.2) is 53.4 Å². The minimum Gasteiger partial charge on any atom is -0.425 e. The number of rotatable bonds is 4. The largest absolute Gasteiger partial charge is 0.425 e. The lowest BCUT2D eigenvalue weighted by molar-refractivity contribution is -0.140. The molecule has 1 saturated heterocycles. The molecule has 0 spiro atoms. The van der Waals surface area contributed by atoms with Gasteiger partial charge in [-0.2, -0.15) is 4.31 Å². The topological polar surface area (TPSA) is 63.7 Å². The number of ether oxygens (including phenoxy) is 1. The Labute approximate surface area is 156 Å². The molecule has 0 atom stereocenters. The van der Waals surface area contributed by atoms with Gasteiger partial charge in [-0.1, -0.05) is 23.7 Å². The molecule has 3 rings (SSSR count). The number of halogens is 2. The molecule has 0 aromatic heterocycles. The highest BCUT2D eigenvalue weighted by atomic mass is 35.5. The third-order valence-corrected chi connectivity index (χ3v) is 6.51. The quantitative estimate of drug-likeness (QED) is 0.585. The zero-order chi connectivity index (χ0) is 18.7. The number of piperidine rings is 1. The van der Waals surface area contributed by atoms with Crippen molar-refractivity contribution < 1.29 is 22.3 Å². The summed E-state index contributed by atoms with van der Waals surface area (Å²) in [6, 6.07) is 11.4. The Morgan fingerprint density at radius 2 is 1.69 bits per heavy atom. The van der Waals surface area contributed by atoms with Crippen molar-refractivity contribution in [3.8, 4) is 5.75 Å². The first kappa shape index (κ1) is 18.8. The van der Waals surface area contributed by atoms with E-state index in [0.29, 0.717) is 23.6 Å². The van der Waals surface area contributed by atoms with Gasteiger partial charge in [0.15, 0.2) is 0 Å². The first-order valence-electron chi connectivity index (χ1n) is 8.10. The van der Waals surface area contributed by atoms with Crippen LogP contribution in [0.3, 0.4) is 0 Å². The number of esters is 1. The second-order valence-electron chi connectivity index (χ2n) is 5.98. The Morgan fingerprint density at radius 1 is 1.08 bits per heavy atom. The summed E-state index contributed by atoms with van der Waals surface area (Å²) in [5.74, 6) is -1.02. The maximum Gasteiger partial charge on any atom is 0.314 e. The molecule has 0 aliphatic carbocycles. The fourth-order valence-electron chi connectivity index (χ4n) is 2.81. The zero-order valence-electron chi connectivity index (χ0n) is 13.8. The summed E-state index contributed by atoms with van der Waals surface area (Å²) in [6.07, 6.45) is 0.702. The second-order valence-corrected chi connectivity index (χ2v) is 8.33. The molecule has 138 valence electrons. The molecule has 0 saturated carbocycles. The maximum absolute atomic E-state index is 13.0. The van der Waals surface area contributed by atoms with E-state index in [-0.39, 0.29) is 18.0 Å². The van der Waals surface area contributed by atoms with Crippen molar-refractivity contribution >= 4 is 27.6 Å². The van der Waals surface area contributed by atoms with Crippen molar-refractivity contribution in [2.45, 2.75) is 17.7 Å². The number of hydrogen-bond acceptors (Lipinski definition) is 4. The van der Waals surface area contributed by atoms with Crippen molar-refractivity contribution in [1.29, 1.82) is 0 Å². The van der Waals surface area contributed by atoms with E-state index in [0.717, 1.165) is 12.1 Å². The normalized spacial score (nSPS) is 16.4. The lowest BCUT2D eigenvalue weighted by atomic mass is 9.98. The molecular weight excluding hydrogens is 381 g/mol. The number of hydrogen-bond donors (Lipinski definition) is 0. The van der Waals surface area contributed by atoms with Crippen LogP contribution >= 0.6 is 11.6 Å². The summed E-state index contributed by atoms with van der Waals surface area (Å²) >= 11 is 5.98. The lowest BCUT2D eigenvalue weighted by Gasteiger charge is -2.30. The van der Waals surface area contributed by atoms with E-state index in [9.17, 15) is 17.6 Å². The fraction of sp³-hybridized carbons (Fsp3) is 0.278. The van der Waals surface area contributed by atoms with Crippen molar-refractivity contribution in [3.05, 3.63) is 59.4 Å². The Balaban J connectivity index is 1.62. The molecule has 2 aromatic carbocycles. The molecule has 0 amide bonds. The van der Waals surface area contributed by atoms with E-state index < -0.39 is 27.7 Å². The van der Waals surface area contributed by atoms with Crippen molar-refractivity contribution in [3.63, 3.8) is 0 Å². The van der Waals surface area contributed by atoms with Gasteiger partial charge in [-0.15, -0.1) is 0 Å².